The predicted octanol–water partition coefficient (Wildman–Crippen LogP) is 2.39. The molecule has 4 N–H and O–H groups in total. The van der Waals surface area contributed by atoms with E-state index in [-0.39, 0.29) is 18.9 Å². The minimum atomic E-state index is -0.830. The smallest absolute Gasteiger partial charge is 0.414 e. The van der Waals surface area contributed by atoms with Crippen molar-refractivity contribution in [3.8, 4) is 5.75 Å². The van der Waals surface area contributed by atoms with Gasteiger partial charge in [0.1, 0.15) is 18.2 Å². The summed E-state index contributed by atoms with van der Waals surface area (Å²) in [5.41, 5.74) is 7.61. The first-order valence-corrected chi connectivity index (χ1v) is 8.78. The normalized spacial score (nSPS) is 15.9. The maximum absolute atomic E-state index is 12.1. The lowest BCUT2D eigenvalue weighted by molar-refractivity contribution is -0.136. The first kappa shape index (κ1) is 19.2. The highest BCUT2D eigenvalue weighted by molar-refractivity contribution is 5.96. The highest BCUT2D eigenvalue weighted by atomic mass is 16.6. The Hall–Kier alpha value is -3.55. The van der Waals surface area contributed by atoms with Gasteiger partial charge in [-0.15, -0.1) is 0 Å². The largest absolute Gasteiger partial charge is 0.490 e. The Morgan fingerprint density at radius 2 is 1.89 bits per heavy atom. The molecule has 0 radical (unpaired) electrons. The average Bonchev–Trinajstić information content (AvgIpc) is 3.06. The van der Waals surface area contributed by atoms with Crippen LogP contribution in [0, 0.1) is 5.41 Å². The van der Waals surface area contributed by atoms with Gasteiger partial charge in [0.15, 0.2) is 6.10 Å². The van der Waals surface area contributed by atoms with Crippen molar-refractivity contribution in [3.05, 3.63) is 59.7 Å². The fourth-order valence-corrected chi connectivity index (χ4v) is 2.83. The molecule has 0 saturated carbocycles. The summed E-state index contributed by atoms with van der Waals surface area (Å²) in [5.74, 6) is -0.237. The van der Waals surface area contributed by atoms with Gasteiger partial charge in [-0.3, -0.25) is 15.1 Å². The third kappa shape index (κ3) is 4.79. The van der Waals surface area contributed by atoms with Crippen LogP contribution in [0.3, 0.4) is 0 Å². The summed E-state index contributed by atoms with van der Waals surface area (Å²) in [4.78, 5) is 24.2. The molecule has 146 valence electrons. The Kier molecular flexibility index (Phi) is 5.78. The van der Waals surface area contributed by atoms with Crippen LogP contribution in [0.5, 0.6) is 5.75 Å². The highest BCUT2D eigenvalue weighted by Crippen LogP contribution is 2.23. The lowest BCUT2D eigenvalue weighted by Gasteiger charge is -2.14. The Balaban J connectivity index is 1.53. The number of amides is 1. The summed E-state index contributed by atoms with van der Waals surface area (Å²) in [6.45, 7) is 0.567. The Labute approximate surface area is 162 Å². The van der Waals surface area contributed by atoms with E-state index in [0.29, 0.717) is 30.0 Å². The number of cyclic esters (lactones) is 1. The molecule has 2 aromatic carbocycles. The fraction of sp³-hybridized carbons (Fsp3) is 0.250. The Bertz CT molecular complexity index is 864. The number of hydrogen-bond acceptors (Lipinski definition) is 5. The molecule has 1 unspecified atom stereocenters. The number of nitrogens with two attached hydrogens (primary N) is 1. The molecule has 8 nitrogen and oxygen atoms in total. The predicted molar refractivity (Wildman–Crippen MR) is 103 cm³/mol. The molecule has 1 amide bonds. The second-order valence-electron chi connectivity index (χ2n) is 6.43. The molecule has 1 atom stereocenters. The van der Waals surface area contributed by atoms with Gasteiger partial charge in [0.25, 0.3) is 0 Å². The number of hydrogen-bond donors (Lipinski definition) is 3. The first-order chi connectivity index (χ1) is 13.4. The van der Waals surface area contributed by atoms with Gasteiger partial charge in [0.05, 0.1) is 6.54 Å². The van der Waals surface area contributed by atoms with Crippen LogP contribution in [0.1, 0.15) is 17.5 Å². The molecule has 1 aliphatic heterocycles. The average molecular weight is 383 g/mol. The monoisotopic (exact) mass is 383 g/mol. The third-order valence-corrected chi connectivity index (χ3v) is 4.35. The SMILES string of the molecule is N=C(N)c1ccc(N2CC(COc3ccc(CCC(=O)O)cc3)OC2=O)cc1. The van der Waals surface area contributed by atoms with E-state index in [0.717, 1.165) is 5.56 Å². The van der Waals surface area contributed by atoms with E-state index in [2.05, 4.69) is 0 Å². The number of nitrogens with zero attached hydrogens (tertiary/aromatic N) is 1. The summed E-state index contributed by atoms with van der Waals surface area (Å²) in [6, 6.07) is 14.0. The Morgan fingerprint density at radius 3 is 2.50 bits per heavy atom. The lowest BCUT2D eigenvalue weighted by Crippen LogP contribution is -2.26. The van der Waals surface area contributed by atoms with E-state index in [4.69, 9.17) is 25.7 Å². The zero-order chi connectivity index (χ0) is 20.1. The second kappa shape index (κ2) is 8.43. The van der Waals surface area contributed by atoms with Crippen LogP contribution in [0.25, 0.3) is 0 Å². The van der Waals surface area contributed by atoms with Crippen molar-refractivity contribution in [2.45, 2.75) is 18.9 Å². The van der Waals surface area contributed by atoms with Crippen molar-refractivity contribution < 1.29 is 24.2 Å². The first-order valence-electron chi connectivity index (χ1n) is 8.78. The van der Waals surface area contributed by atoms with Crippen LogP contribution < -0.4 is 15.4 Å². The summed E-state index contributed by atoms with van der Waals surface area (Å²) in [6.07, 6.45) is -0.311. The van der Waals surface area contributed by atoms with Crippen LogP contribution in [0.15, 0.2) is 48.5 Å². The van der Waals surface area contributed by atoms with Crippen molar-refractivity contribution in [2.24, 2.45) is 5.73 Å². The molecule has 1 saturated heterocycles. The van der Waals surface area contributed by atoms with Crippen molar-refractivity contribution in [1.82, 2.24) is 0 Å². The van der Waals surface area contributed by atoms with Crippen molar-refractivity contribution in [3.63, 3.8) is 0 Å². The zero-order valence-corrected chi connectivity index (χ0v) is 15.1. The van der Waals surface area contributed by atoms with Crippen molar-refractivity contribution >= 4 is 23.6 Å². The topological polar surface area (TPSA) is 126 Å². The van der Waals surface area contributed by atoms with E-state index in [1.165, 1.54) is 4.90 Å². The summed E-state index contributed by atoms with van der Waals surface area (Å²) in [7, 11) is 0. The fourth-order valence-electron chi connectivity index (χ4n) is 2.83. The van der Waals surface area contributed by atoms with Crippen LogP contribution in [0.4, 0.5) is 10.5 Å². The number of aliphatic carboxylic acids is 1. The number of carboxylic acids is 1. The number of anilines is 1. The third-order valence-electron chi connectivity index (χ3n) is 4.35. The molecular formula is C20H21N3O5. The Morgan fingerprint density at radius 1 is 1.21 bits per heavy atom. The lowest BCUT2D eigenvalue weighted by atomic mass is 10.1. The minimum absolute atomic E-state index is 0.0317. The van der Waals surface area contributed by atoms with E-state index < -0.39 is 18.2 Å². The molecule has 0 spiro atoms. The van der Waals surface area contributed by atoms with E-state index >= 15 is 0 Å². The molecule has 0 bridgehead atoms. The van der Waals surface area contributed by atoms with Gasteiger partial charge in [-0.25, -0.2) is 4.79 Å². The van der Waals surface area contributed by atoms with Crippen LogP contribution in [0.2, 0.25) is 0 Å². The molecule has 0 aromatic heterocycles. The van der Waals surface area contributed by atoms with Gasteiger partial charge in [-0.2, -0.15) is 0 Å². The molecule has 1 fully saturated rings. The molecule has 8 heteroatoms. The van der Waals surface area contributed by atoms with Crippen LogP contribution >= 0.6 is 0 Å². The molecule has 3 rings (SSSR count). The number of carbonyl (C=O) groups excluding carboxylic acids is 1. The van der Waals surface area contributed by atoms with Gasteiger partial charge in [0.2, 0.25) is 0 Å². The van der Waals surface area contributed by atoms with E-state index in [9.17, 15) is 9.59 Å². The molecular weight excluding hydrogens is 362 g/mol. The number of amidine groups is 1. The van der Waals surface area contributed by atoms with Gasteiger partial charge >= 0.3 is 12.1 Å². The maximum Gasteiger partial charge on any atom is 0.414 e. The van der Waals surface area contributed by atoms with Gasteiger partial charge in [-0.05, 0) is 48.4 Å². The standard InChI is InChI=1S/C20H21N3O5/c21-19(22)14-4-6-15(7-5-14)23-11-17(28-20(23)26)12-27-16-8-1-13(2-9-16)3-10-18(24)25/h1-2,4-9,17H,3,10-12H2,(H3,21,22)(H,24,25). The zero-order valence-electron chi connectivity index (χ0n) is 15.1. The van der Waals surface area contributed by atoms with E-state index in [1.807, 2.05) is 12.1 Å². The number of aryl methyl sites for hydroxylation is 1. The number of ether oxygens (including phenoxy) is 2. The van der Waals surface area contributed by atoms with Gasteiger partial charge in [0, 0.05) is 17.7 Å². The number of rotatable bonds is 8. The van der Waals surface area contributed by atoms with Crippen LogP contribution in [-0.2, 0) is 16.0 Å². The number of carbonyl (C=O) groups is 2. The molecule has 0 aliphatic carbocycles. The quantitative estimate of drug-likeness (QED) is 0.475. The van der Waals surface area contributed by atoms with Crippen LogP contribution in [-0.4, -0.2) is 42.3 Å². The van der Waals surface area contributed by atoms with Gasteiger partial charge in [-0.1, -0.05) is 12.1 Å². The summed E-state index contributed by atoms with van der Waals surface area (Å²) < 4.78 is 11.0. The number of nitrogen functional groups attached to an aromatic ring is 1. The molecule has 28 heavy (non-hydrogen) atoms. The number of carboxylic acid groups (broad SMARTS) is 1. The highest BCUT2D eigenvalue weighted by Gasteiger charge is 2.32. The minimum Gasteiger partial charge on any atom is -0.490 e. The second-order valence-corrected chi connectivity index (χ2v) is 6.43. The molecule has 1 aliphatic rings. The van der Waals surface area contributed by atoms with Crippen molar-refractivity contribution in [1.29, 1.82) is 5.41 Å². The van der Waals surface area contributed by atoms with E-state index in [1.54, 1.807) is 36.4 Å². The number of nitrogens with one attached hydrogen (secondary N) is 1. The van der Waals surface area contributed by atoms with Crippen molar-refractivity contribution in [2.75, 3.05) is 18.1 Å². The van der Waals surface area contributed by atoms with Gasteiger partial charge < -0.3 is 20.3 Å². The molecule has 2 aromatic rings. The number of benzene rings is 2. The molecule has 1 heterocycles. The summed E-state index contributed by atoms with van der Waals surface area (Å²) >= 11 is 0. The maximum atomic E-state index is 12.1. The summed E-state index contributed by atoms with van der Waals surface area (Å²) in [5, 5.41) is 16.1.